The SMILES string of the molecule is CCCCCCCCOc1ccccc1C1(OCCCCCCCC)C=CC(C(=O)[O-])C=C1. The number of rotatable bonds is 18. The molecule has 0 fully saturated rings. The molecular formula is C29H43O4-. The van der Waals surface area contributed by atoms with Gasteiger partial charge in [0.25, 0.3) is 0 Å². The lowest BCUT2D eigenvalue weighted by atomic mass is 9.85. The van der Waals surface area contributed by atoms with Crippen LogP contribution in [0.25, 0.3) is 0 Å². The van der Waals surface area contributed by atoms with E-state index in [0.29, 0.717) is 13.2 Å². The van der Waals surface area contributed by atoms with Crippen LogP contribution in [0.1, 0.15) is 96.5 Å². The lowest BCUT2D eigenvalue weighted by Gasteiger charge is -2.33. The van der Waals surface area contributed by atoms with Gasteiger partial charge in [-0.3, -0.25) is 0 Å². The summed E-state index contributed by atoms with van der Waals surface area (Å²) in [6.45, 7) is 5.74. The van der Waals surface area contributed by atoms with Crippen LogP contribution in [0.5, 0.6) is 5.75 Å². The minimum atomic E-state index is -1.10. The van der Waals surface area contributed by atoms with Gasteiger partial charge in [0.1, 0.15) is 11.4 Å². The van der Waals surface area contributed by atoms with Crippen LogP contribution in [0.15, 0.2) is 48.6 Å². The fourth-order valence-electron chi connectivity index (χ4n) is 4.23. The fraction of sp³-hybridized carbons (Fsp3) is 0.621. The van der Waals surface area contributed by atoms with Crippen LogP contribution in [-0.2, 0) is 15.1 Å². The first-order valence-corrected chi connectivity index (χ1v) is 13.1. The number of hydrogen-bond acceptors (Lipinski definition) is 4. The predicted molar refractivity (Wildman–Crippen MR) is 133 cm³/mol. The summed E-state index contributed by atoms with van der Waals surface area (Å²) >= 11 is 0. The summed E-state index contributed by atoms with van der Waals surface area (Å²) in [5.41, 5.74) is 0.110. The Hall–Kier alpha value is -2.07. The van der Waals surface area contributed by atoms with E-state index in [4.69, 9.17) is 9.47 Å². The Kier molecular flexibility index (Phi) is 12.9. The molecule has 0 amide bonds. The van der Waals surface area contributed by atoms with Gasteiger partial charge in [0.2, 0.25) is 0 Å². The Morgan fingerprint density at radius 3 is 1.97 bits per heavy atom. The van der Waals surface area contributed by atoms with Crippen LogP contribution in [0.4, 0.5) is 0 Å². The zero-order chi connectivity index (χ0) is 23.8. The summed E-state index contributed by atoms with van der Waals surface area (Å²) in [7, 11) is 0. The molecule has 1 aromatic carbocycles. The van der Waals surface area contributed by atoms with Gasteiger partial charge >= 0.3 is 0 Å². The molecule has 0 atom stereocenters. The van der Waals surface area contributed by atoms with Crippen molar-refractivity contribution >= 4 is 5.97 Å². The van der Waals surface area contributed by atoms with Crippen molar-refractivity contribution in [3.63, 3.8) is 0 Å². The van der Waals surface area contributed by atoms with Crippen LogP contribution in [0.2, 0.25) is 0 Å². The molecule has 0 radical (unpaired) electrons. The topological polar surface area (TPSA) is 58.6 Å². The van der Waals surface area contributed by atoms with E-state index in [1.807, 2.05) is 36.4 Å². The Balaban J connectivity index is 2.03. The summed E-state index contributed by atoms with van der Waals surface area (Å²) < 4.78 is 12.6. The van der Waals surface area contributed by atoms with Gasteiger partial charge in [-0.15, -0.1) is 0 Å². The van der Waals surface area contributed by atoms with E-state index in [-0.39, 0.29) is 0 Å². The summed E-state index contributed by atoms with van der Waals surface area (Å²) in [6.07, 6.45) is 21.5. The highest BCUT2D eigenvalue weighted by molar-refractivity contribution is 5.73. The molecule has 2 rings (SSSR count). The second-order valence-electron chi connectivity index (χ2n) is 9.08. The molecule has 0 saturated heterocycles. The monoisotopic (exact) mass is 455 g/mol. The van der Waals surface area contributed by atoms with Crippen molar-refractivity contribution in [1.29, 1.82) is 0 Å². The zero-order valence-corrected chi connectivity index (χ0v) is 20.7. The van der Waals surface area contributed by atoms with Crippen LogP contribution >= 0.6 is 0 Å². The number of carbonyl (C=O) groups is 1. The van der Waals surface area contributed by atoms with E-state index in [9.17, 15) is 9.90 Å². The van der Waals surface area contributed by atoms with Crippen molar-refractivity contribution in [3.8, 4) is 5.75 Å². The molecule has 0 N–H and O–H groups in total. The third-order valence-corrected chi connectivity index (χ3v) is 6.28. The number of ether oxygens (including phenoxy) is 2. The molecule has 1 aromatic rings. The quantitative estimate of drug-likeness (QED) is 0.187. The largest absolute Gasteiger partial charge is 0.549 e. The van der Waals surface area contributed by atoms with Gasteiger partial charge in [0.15, 0.2) is 0 Å². The minimum absolute atomic E-state index is 0.614. The Morgan fingerprint density at radius 1 is 0.818 bits per heavy atom. The average Bonchev–Trinajstić information content (AvgIpc) is 2.83. The predicted octanol–water partition coefficient (Wildman–Crippen LogP) is 6.49. The number of unbranched alkanes of at least 4 members (excludes halogenated alkanes) is 10. The van der Waals surface area contributed by atoms with E-state index in [2.05, 4.69) is 13.8 Å². The highest BCUT2D eigenvalue weighted by Gasteiger charge is 2.33. The molecule has 4 nitrogen and oxygen atoms in total. The van der Waals surface area contributed by atoms with Crippen molar-refractivity contribution in [2.24, 2.45) is 5.92 Å². The van der Waals surface area contributed by atoms with E-state index in [1.54, 1.807) is 12.2 Å². The molecule has 1 aliphatic carbocycles. The molecule has 0 unspecified atom stereocenters. The molecule has 0 saturated carbocycles. The second kappa shape index (κ2) is 15.7. The molecule has 0 spiro atoms. The van der Waals surface area contributed by atoms with Crippen molar-refractivity contribution in [2.45, 2.75) is 96.5 Å². The first kappa shape index (κ1) is 27.2. The smallest absolute Gasteiger partial charge is 0.133 e. The van der Waals surface area contributed by atoms with Gasteiger partial charge < -0.3 is 19.4 Å². The average molecular weight is 456 g/mol. The zero-order valence-electron chi connectivity index (χ0n) is 20.7. The molecule has 1 aliphatic rings. The van der Waals surface area contributed by atoms with Crippen molar-refractivity contribution in [1.82, 2.24) is 0 Å². The number of aliphatic carboxylic acids is 1. The third kappa shape index (κ3) is 9.37. The van der Waals surface area contributed by atoms with Gasteiger partial charge in [0.05, 0.1) is 12.6 Å². The maximum absolute atomic E-state index is 11.3. The van der Waals surface area contributed by atoms with Gasteiger partial charge in [-0.25, -0.2) is 0 Å². The van der Waals surface area contributed by atoms with Gasteiger partial charge in [-0.05, 0) is 31.1 Å². The number of hydrogen-bond donors (Lipinski definition) is 0. The third-order valence-electron chi connectivity index (χ3n) is 6.28. The minimum Gasteiger partial charge on any atom is -0.549 e. The van der Waals surface area contributed by atoms with Crippen LogP contribution in [0, 0.1) is 5.92 Å². The molecule has 0 heterocycles. The van der Waals surface area contributed by atoms with E-state index in [1.165, 1.54) is 57.8 Å². The number of carboxylic acids is 1. The van der Waals surface area contributed by atoms with Crippen LogP contribution in [0.3, 0.4) is 0 Å². The lowest BCUT2D eigenvalue weighted by Crippen LogP contribution is -2.34. The van der Waals surface area contributed by atoms with Gasteiger partial charge in [-0.2, -0.15) is 0 Å². The molecule has 0 aliphatic heterocycles. The van der Waals surface area contributed by atoms with Crippen molar-refractivity contribution in [3.05, 3.63) is 54.1 Å². The maximum Gasteiger partial charge on any atom is 0.133 e. The Bertz CT molecular complexity index is 723. The summed E-state index contributed by atoms with van der Waals surface area (Å²) in [5, 5.41) is 11.3. The number of para-hydroxylation sites is 1. The molecule has 184 valence electrons. The normalized spacial score (nSPS) is 19.6. The second-order valence-corrected chi connectivity index (χ2v) is 9.08. The van der Waals surface area contributed by atoms with Crippen molar-refractivity contribution in [2.75, 3.05) is 13.2 Å². The summed E-state index contributed by atoms with van der Waals surface area (Å²) in [6, 6.07) is 7.96. The molecular weight excluding hydrogens is 412 g/mol. The first-order valence-electron chi connectivity index (χ1n) is 13.1. The van der Waals surface area contributed by atoms with E-state index >= 15 is 0 Å². The lowest BCUT2D eigenvalue weighted by molar-refractivity contribution is -0.308. The number of carboxylic acid groups (broad SMARTS) is 1. The molecule has 0 bridgehead atoms. The van der Waals surface area contributed by atoms with E-state index in [0.717, 1.165) is 30.6 Å². The summed E-state index contributed by atoms with van der Waals surface area (Å²) in [4.78, 5) is 11.3. The first-order chi connectivity index (χ1) is 16.1. The molecule has 33 heavy (non-hydrogen) atoms. The van der Waals surface area contributed by atoms with Gasteiger partial charge in [0, 0.05) is 18.1 Å². The van der Waals surface area contributed by atoms with Crippen LogP contribution in [-0.4, -0.2) is 19.2 Å². The fourth-order valence-corrected chi connectivity index (χ4v) is 4.23. The highest BCUT2D eigenvalue weighted by atomic mass is 16.5. The Labute approximate surface area is 201 Å². The Morgan fingerprint density at radius 2 is 1.36 bits per heavy atom. The van der Waals surface area contributed by atoms with Crippen molar-refractivity contribution < 1.29 is 19.4 Å². The highest BCUT2D eigenvalue weighted by Crippen LogP contribution is 2.39. The summed E-state index contributed by atoms with van der Waals surface area (Å²) in [5.74, 6) is -1.03. The molecule has 4 heteroatoms. The maximum atomic E-state index is 11.3. The number of benzene rings is 1. The molecule has 0 aromatic heterocycles. The van der Waals surface area contributed by atoms with Crippen LogP contribution < -0.4 is 9.84 Å². The number of carbonyl (C=O) groups excluding carboxylic acids is 1. The van der Waals surface area contributed by atoms with E-state index < -0.39 is 17.5 Å². The standard InChI is InChI=1S/C29H44O4/c1-3-5-7-9-11-15-23-32-27-18-14-13-17-26(27)29(21-19-25(20-22-29)28(30)31)33-24-16-12-10-8-6-4-2/h13-14,17-22,25H,3-12,15-16,23-24H2,1-2H3,(H,30,31)/p-1. The van der Waals surface area contributed by atoms with Gasteiger partial charge in [-0.1, -0.05) is 108 Å².